The minimum atomic E-state index is -0.287. The summed E-state index contributed by atoms with van der Waals surface area (Å²) in [6.45, 7) is 1.43. The number of hydrogen-bond acceptors (Lipinski definition) is 4. The summed E-state index contributed by atoms with van der Waals surface area (Å²) in [6, 6.07) is 17.5. The molecule has 2 amide bonds. The lowest BCUT2D eigenvalue weighted by atomic mass is 9.96. The van der Waals surface area contributed by atoms with Gasteiger partial charge in [-0.2, -0.15) is 0 Å². The Morgan fingerprint density at radius 3 is 2.40 bits per heavy atom. The van der Waals surface area contributed by atoms with Gasteiger partial charge in [0, 0.05) is 23.9 Å². The number of halogens is 1. The molecule has 1 saturated heterocycles. The van der Waals surface area contributed by atoms with Crippen molar-refractivity contribution in [3.63, 3.8) is 0 Å². The van der Waals surface area contributed by atoms with Gasteiger partial charge >= 0.3 is 0 Å². The second-order valence-electron chi connectivity index (χ2n) is 7.31. The van der Waals surface area contributed by atoms with Crippen molar-refractivity contribution in [2.75, 3.05) is 23.3 Å². The van der Waals surface area contributed by atoms with Gasteiger partial charge in [-0.1, -0.05) is 24.3 Å². The number of piperidine rings is 1. The molecule has 7 heteroatoms. The van der Waals surface area contributed by atoms with Crippen molar-refractivity contribution in [3.8, 4) is 10.4 Å². The Morgan fingerprint density at radius 1 is 1.00 bits per heavy atom. The summed E-state index contributed by atoms with van der Waals surface area (Å²) in [5.41, 5.74) is 7.97. The number of thiophene rings is 1. The Bertz CT molecular complexity index is 1060. The zero-order valence-electron chi connectivity index (χ0n) is 16.3. The van der Waals surface area contributed by atoms with E-state index in [1.54, 1.807) is 18.2 Å². The summed E-state index contributed by atoms with van der Waals surface area (Å²) in [7, 11) is 0. The lowest BCUT2D eigenvalue weighted by Crippen LogP contribution is -2.38. The molecule has 1 aliphatic heterocycles. The van der Waals surface area contributed by atoms with Crippen molar-refractivity contribution < 1.29 is 14.0 Å². The SMILES string of the molecule is NC(=O)C1CCN(c2ccccc2NC(=O)c2ccc(-c3ccc(F)cc3)s2)CC1. The van der Waals surface area contributed by atoms with Gasteiger partial charge in [0.25, 0.3) is 5.91 Å². The Balaban J connectivity index is 1.48. The number of benzene rings is 2. The molecule has 2 heterocycles. The molecule has 0 unspecified atom stereocenters. The number of nitrogens with zero attached hydrogens (tertiary/aromatic N) is 1. The van der Waals surface area contributed by atoms with E-state index < -0.39 is 0 Å². The molecule has 30 heavy (non-hydrogen) atoms. The van der Waals surface area contributed by atoms with Gasteiger partial charge in [-0.3, -0.25) is 9.59 Å². The third-order valence-electron chi connectivity index (χ3n) is 5.35. The Hall–Kier alpha value is -3.19. The molecule has 3 aromatic rings. The fraction of sp³-hybridized carbons (Fsp3) is 0.217. The summed E-state index contributed by atoms with van der Waals surface area (Å²) in [5, 5.41) is 3.01. The van der Waals surface area contributed by atoms with Crippen LogP contribution in [0.25, 0.3) is 10.4 Å². The van der Waals surface area contributed by atoms with Crippen molar-refractivity contribution in [1.29, 1.82) is 0 Å². The highest BCUT2D eigenvalue weighted by Crippen LogP contribution is 2.32. The van der Waals surface area contributed by atoms with Gasteiger partial charge in [0.2, 0.25) is 5.91 Å². The standard InChI is InChI=1S/C23H22FN3O2S/c24-17-7-5-15(6-8-17)20-9-10-21(30-20)23(29)26-18-3-1-2-4-19(18)27-13-11-16(12-14-27)22(25)28/h1-10,16H,11-14H2,(H2,25,28)(H,26,29). The number of amides is 2. The molecule has 2 aromatic carbocycles. The van der Waals surface area contributed by atoms with E-state index in [0.29, 0.717) is 30.8 Å². The van der Waals surface area contributed by atoms with Crippen molar-refractivity contribution in [2.45, 2.75) is 12.8 Å². The van der Waals surface area contributed by atoms with Gasteiger partial charge in [0.1, 0.15) is 5.82 Å². The molecule has 4 rings (SSSR count). The van der Waals surface area contributed by atoms with Crippen LogP contribution in [-0.2, 0) is 4.79 Å². The first-order valence-electron chi connectivity index (χ1n) is 9.81. The Kier molecular flexibility index (Phi) is 5.81. The molecule has 154 valence electrons. The number of carbonyl (C=O) groups is 2. The van der Waals surface area contributed by atoms with Crippen LogP contribution in [0.1, 0.15) is 22.5 Å². The van der Waals surface area contributed by atoms with Crippen LogP contribution in [0.5, 0.6) is 0 Å². The van der Waals surface area contributed by atoms with Gasteiger partial charge in [-0.25, -0.2) is 4.39 Å². The normalized spacial score (nSPS) is 14.5. The highest BCUT2D eigenvalue weighted by atomic mass is 32.1. The van der Waals surface area contributed by atoms with Crippen LogP contribution in [0.4, 0.5) is 15.8 Å². The third kappa shape index (κ3) is 4.36. The second kappa shape index (κ2) is 8.67. The lowest BCUT2D eigenvalue weighted by Gasteiger charge is -2.33. The fourth-order valence-corrected chi connectivity index (χ4v) is 4.58. The van der Waals surface area contributed by atoms with Gasteiger partial charge < -0.3 is 16.0 Å². The second-order valence-corrected chi connectivity index (χ2v) is 8.39. The van der Waals surface area contributed by atoms with Crippen LogP contribution >= 0.6 is 11.3 Å². The number of anilines is 2. The topological polar surface area (TPSA) is 75.4 Å². The van der Waals surface area contributed by atoms with Gasteiger partial charge in [0.05, 0.1) is 16.3 Å². The molecule has 1 aliphatic rings. The van der Waals surface area contributed by atoms with E-state index in [1.165, 1.54) is 23.5 Å². The van der Waals surface area contributed by atoms with Crippen LogP contribution < -0.4 is 16.0 Å². The Labute approximate surface area is 178 Å². The molecule has 0 radical (unpaired) electrons. The summed E-state index contributed by atoms with van der Waals surface area (Å²) in [4.78, 5) is 27.9. The van der Waals surface area contributed by atoms with E-state index >= 15 is 0 Å². The Morgan fingerprint density at radius 2 is 1.70 bits per heavy atom. The number of hydrogen-bond donors (Lipinski definition) is 2. The smallest absolute Gasteiger partial charge is 0.265 e. The number of carbonyl (C=O) groups excluding carboxylic acids is 2. The van der Waals surface area contributed by atoms with Crippen molar-refractivity contribution in [2.24, 2.45) is 11.7 Å². The number of primary amides is 1. The minimum Gasteiger partial charge on any atom is -0.370 e. The molecule has 0 saturated carbocycles. The maximum Gasteiger partial charge on any atom is 0.265 e. The van der Waals surface area contributed by atoms with Crippen LogP contribution in [0.15, 0.2) is 60.7 Å². The van der Waals surface area contributed by atoms with E-state index in [4.69, 9.17) is 5.73 Å². The zero-order valence-corrected chi connectivity index (χ0v) is 17.1. The summed E-state index contributed by atoms with van der Waals surface area (Å²) in [6.07, 6.45) is 1.42. The number of nitrogens with two attached hydrogens (primary N) is 1. The largest absolute Gasteiger partial charge is 0.370 e. The average molecular weight is 424 g/mol. The van der Waals surface area contributed by atoms with Crippen LogP contribution in [0, 0.1) is 11.7 Å². The molecular weight excluding hydrogens is 401 g/mol. The maximum atomic E-state index is 13.1. The predicted molar refractivity (Wildman–Crippen MR) is 118 cm³/mol. The highest BCUT2D eigenvalue weighted by Gasteiger charge is 2.24. The molecule has 5 nitrogen and oxygen atoms in total. The lowest BCUT2D eigenvalue weighted by molar-refractivity contribution is -0.122. The molecule has 0 atom stereocenters. The number of nitrogens with one attached hydrogen (secondary N) is 1. The van der Waals surface area contributed by atoms with E-state index in [9.17, 15) is 14.0 Å². The fourth-order valence-electron chi connectivity index (χ4n) is 3.67. The van der Waals surface area contributed by atoms with Crippen LogP contribution in [-0.4, -0.2) is 24.9 Å². The van der Waals surface area contributed by atoms with Crippen molar-refractivity contribution in [1.82, 2.24) is 0 Å². The number of para-hydroxylation sites is 2. The first-order valence-corrected chi connectivity index (χ1v) is 10.6. The molecular formula is C23H22FN3O2S. The van der Waals surface area contributed by atoms with E-state index in [0.717, 1.165) is 21.8 Å². The van der Waals surface area contributed by atoms with Crippen molar-refractivity contribution >= 4 is 34.5 Å². The third-order valence-corrected chi connectivity index (χ3v) is 6.48. The van der Waals surface area contributed by atoms with E-state index in [2.05, 4.69) is 10.2 Å². The van der Waals surface area contributed by atoms with Crippen LogP contribution in [0.2, 0.25) is 0 Å². The highest BCUT2D eigenvalue weighted by molar-refractivity contribution is 7.17. The van der Waals surface area contributed by atoms with Crippen LogP contribution in [0.3, 0.4) is 0 Å². The quantitative estimate of drug-likeness (QED) is 0.634. The molecule has 1 fully saturated rings. The molecule has 0 aliphatic carbocycles. The molecule has 0 spiro atoms. The van der Waals surface area contributed by atoms with E-state index in [1.807, 2.05) is 30.3 Å². The first-order chi connectivity index (χ1) is 14.5. The van der Waals surface area contributed by atoms with Gasteiger partial charge in [-0.15, -0.1) is 11.3 Å². The summed E-state index contributed by atoms with van der Waals surface area (Å²) in [5.74, 6) is -0.803. The van der Waals surface area contributed by atoms with E-state index in [-0.39, 0.29) is 23.5 Å². The molecule has 0 bridgehead atoms. The number of rotatable bonds is 5. The van der Waals surface area contributed by atoms with Crippen molar-refractivity contribution in [3.05, 3.63) is 71.4 Å². The summed E-state index contributed by atoms with van der Waals surface area (Å²) >= 11 is 1.36. The zero-order chi connectivity index (χ0) is 21.1. The van der Waals surface area contributed by atoms with Gasteiger partial charge in [0.15, 0.2) is 0 Å². The molecule has 3 N–H and O–H groups in total. The maximum absolute atomic E-state index is 13.1. The monoisotopic (exact) mass is 423 g/mol. The summed E-state index contributed by atoms with van der Waals surface area (Å²) < 4.78 is 13.1. The first kappa shape index (κ1) is 20.1. The minimum absolute atomic E-state index is 0.0843. The van der Waals surface area contributed by atoms with Gasteiger partial charge in [-0.05, 0) is 54.8 Å². The average Bonchev–Trinajstić information content (AvgIpc) is 3.25. The molecule has 1 aromatic heterocycles. The predicted octanol–water partition coefficient (Wildman–Crippen LogP) is 4.51.